The SMILES string of the molecule is CS[C@H](C)C(N)=O. The van der Waals surface area contributed by atoms with Crippen LogP contribution >= 0.6 is 11.8 Å². The molecule has 3 heteroatoms. The lowest BCUT2D eigenvalue weighted by Gasteiger charge is -1.97. The molecule has 1 amide bonds. The van der Waals surface area contributed by atoms with Crippen molar-refractivity contribution in [2.24, 2.45) is 5.73 Å². The van der Waals surface area contributed by atoms with Gasteiger partial charge in [0.25, 0.3) is 0 Å². The predicted octanol–water partition coefficient (Wildman–Crippen LogP) is 0.223. The Kier molecular flexibility index (Phi) is 2.83. The van der Waals surface area contributed by atoms with Gasteiger partial charge in [-0.15, -0.1) is 0 Å². The molecule has 0 aliphatic carbocycles. The molecule has 2 N–H and O–H groups in total. The summed E-state index contributed by atoms with van der Waals surface area (Å²) in [7, 11) is 0. The largest absolute Gasteiger partial charge is 0.369 e. The van der Waals surface area contributed by atoms with Gasteiger partial charge in [-0.2, -0.15) is 11.8 Å². The molecule has 0 unspecified atom stereocenters. The van der Waals surface area contributed by atoms with Crippen molar-refractivity contribution in [2.45, 2.75) is 12.2 Å². The second-order valence-electron chi connectivity index (χ2n) is 1.28. The van der Waals surface area contributed by atoms with E-state index in [1.807, 2.05) is 6.26 Å². The van der Waals surface area contributed by atoms with Gasteiger partial charge in [0.1, 0.15) is 0 Å². The third kappa shape index (κ3) is 2.51. The molecule has 0 spiro atoms. The van der Waals surface area contributed by atoms with Gasteiger partial charge < -0.3 is 5.73 Å². The number of hydrogen-bond acceptors (Lipinski definition) is 2. The van der Waals surface area contributed by atoms with Gasteiger partial charge in [0, 0.05) is 0 Å². The van der Waals surface area contributed by atoms with Crippen LogP contribution in [-0.4, -0.2) is 17.4 Å². The van der Waals surface area contributed by atoms with Crippen molar-refractivity contribution in [2.75, 3.05) is 6.26 Å². The van der Waals surface area contributed by atoms with Gasteiger partial charge >= 0.3 is 0 Å². The monoisotopic (exact) mass is 119 g/mol. The third-order valence-corrected chi connectivity index (χ3v) is 1.69. The minimum Gasteiger partial charge on any atom is -0.369 e. The summed E-state index contributed by atoms with van der Waals surface area (Å²) in [6, 6.07) is 0. The molecule has 0 aromatic carbocycles. The molecule has 7 heavy (non-hydrogen) atoms. The van der Waals surface area contributed by atoms with Gasteiger partial charge in [-0.1, -0.05) is 0 Å². The first-order valence-electron chi connectivity index (χ1n) is 2.00. The zero-order chi connectivity index (χ0) is 5.86. The molecule has 0 radical (unpaired) electrons. The standard InChI is InChI=1S/C4H9NOS/c1-3(7-2)4(5)6/h3H,1-2H3,(H2,5,6)/t3-/m1/s1. The van der Waals surface area contributed by atoms with Crippen LogP contribution in [-0.2, 0) is 4.79 Å². The summed E-state index contributed by atoms with van der Waals surface area (Å²) in [4.78, 5) is 10.1. The number of rotatable bonds is 2. The number of nitrogens with two attached hydrogens (primary N) is 1. The van der Waals surface area contributed by atoms with Crippen LogP contribution in [0.2, 0.25) is 0 Å². The van der Waals surface area contributed by atoms with Gasteiger partial charge in [-0.25, -0.2) is 0 Å². The highest BCUT2D eigenvalue weighted by molar-refractivity contribution is 7.99. The van der Waals surface area contributed by atoms with Crippen molar-refractivity contribution in [1.29, 1.82) is 0 Å². The molecule has 1 atom stereocenters. The van der Waals surface area contributed by atoms with Gasteiger partial charge in [0.15, 0.2) is 0 Å². The highest BCUT2D eigenvalue weighted by Crippen LogP contribution is 2.01. The Hall–Kier alpha value is -0.180. The average molecular weight is 119 g/mol. The summed E-state index contributed by atoms with van der Waals surface area (Å²) in [5, 5.41) is -0.0417. The van der Waals surface area contributed by atoms with Crippen molar-refractivity contribution >= 4 is 17.7 Å². The molecule has 0 aromatic heterocycles. The van der Waals surface area contributed by atoms with Gasteiger partial charge in [-0.05, 0) is 13.2 Å². The van der Waals surface area contributed by atoms with Crippen LogP contribution in [0, 0.1) is 0 Å². The number of primary amides is 1. The highest BCUT2D eigenvalue weighted by atomic mass is 32.2. The smallest absolute Gasteiger partial charge is 0.230 e. The van der Waals surface area contributed by atoms with E-state index < -0.39 is 0 Å². The van der Waals surface area contributed by atoms with Crippen molar-refractivity contribution < 1.29 is 4.79 Å². The maximum Gasteiger partial charge on any atom is 0.230 e. The fourth-order valence-electron chi connectivity index (χ4n) is 0.116. The minimum absolute atomic E-state index is 0.0417. The van der Waals surface area contributed by atoms with Crippen molar-refractivity contribution in [3.63, 3.8) is 0 Å². The van der Waals surface area contributed by atoms with E-state index in [0.717, 1.165) is 0 Å². The van der Waals surface area contributed by atoms with Crippen LogP contribution in [0.3, 0.4) is 0 Å². The molecule has 0 aliphatic heterocycles. The summed E-state index contributed by atoms with van der Waals surface area (Å²) >= 11 is 1.46. The molecule has 0 fully saturated rings. The first kappa shape index (κ1) is 6.82. The van der Waals surface area contributed by atoms with Crippen molar-refractivity contribution in [3.8, 4) is 0 Å². The van der Waals surface area contributed by atoms with Gasteiger partial charge in [0.2, 0.25) is 5.91 Å². The molecule has 0 saturated heterocycles. The van der Waals surface area contributed by atoms with Crippen molar-refractivity contribution in [1.82, 2.24) is 0 Å². The summed E-state index contributed by atoms with van der Waals surface area (Å²) in [6.45, 7) is 1.78. The Balaban J connectivity index is 3.34. The van der Waals surface area contributed by atoms with Crippen LogP contribution in [0.1, 0.15) is 6.92 Å². The fourth-order valence-corrected chi connectivity index (χ4v) is 0.348. The lowest BCUT2D eigenvalue weighted by Crippen LogP contribution is -2.21. The zero-order valence-corrected chi connectivity index (χ0v) is 5.29. The summed E-state index contributed by atoms with van der Waals surface area (Å²) in [6.07, 6.45) is 1.86. The second-order valence-corrected chi connectivity index (χ2v) is 2.46. The van der Waals surface area contributed by atoms with E-state index in [-0.39, 0.29) is 11.2 Å². The zero-order valence-electron chi connectivity index (χ0n) is 4.47. The Morgan fingerprint density at radius 2 is 2.29 bits per heavy atom. The van der Waals surface area contributed by atoms with Crippen LogP contribution in [0.5, 0.6) is 0 Å². The topological polar surface area (TPSA) is 43.1 Å². The number of carbonyl (C=O) groups excluding carboxylic acids is 1. The Labute approximate surface area is 47.5 Å². The normalized spacial score (nSPS) is 13.4. The lowest BCUT2D eigenvalue weighted by molar-refractivity contribution is -0.117. The maximum absolute atomic E-state index is 10.1. The van der Waals surface area contributed by atoms with Crippen LogP contribution in [0.25, 0.3) is 0 Å². The van der Waals surface area contributed by atoms with Crippen LogP contribution < -0.4 is 5.73 Å². The maximum atomic E-state index is 10.1. The molecular weight excluding hydrogens is 110 g/mol. The molecule has 0 heterocycles. The van der Waals surface area contributed by atoms with E-state index in [0.29, 0.717) is 0 Å². The number of thioether (sulfide) groups is 1. The molecule has 0 rings (SSSR count). The van der Waals surface area contributed by atoms with E-state index in [2.05, 4.69) is 0 Å². The van der Waals surface area contributed by atoms with Crippen LogP contribution in [0.4, 0.5) is 0 Å². The first-order chi connectivity index (χ1) is 3.18. The number of hydrogen-bond donors (Lipinski definition) is 1. The minimum atomic E-state index is -0.243. The van der Waals surface area contributed by atoms with E-state index >= 15 is 0 Å². The summed E-state index contributed by atoms with van der Waals surface area (Å²) in [5.41, 5.74) is 4.89. The second kappa shape index (κ2) is 2.91. The van der Waals surface area contributed by atoms with Gasteiger partial charge in [-0.3, -0.25) is 4.79 Å². The van der Waals surface area contributed by atoms with E-state index in [9.17, 15) is 4.79 Å². The predicted molar refractivity (Wildman–Crippen MR) is 32.2 cm³/mol. The number of carbonyl (C=O) groups is 1. The third-order valence-electron chi connectivity index (χ3n) is 0.754. The molecule has 0 aliphatic rings. The average Bonchev–Trinajstić information content (AvgIpc) is 1.65. The molecular formula is C4H9NOS. The molecule has 2 nitrogen and oxygen atoms in total. The van der Waals surface area contributed by atoms with Gasteiger partial charge in [0.05, 0.1) is 5.25 Å². The molecule has 0 bridgehead atoms. The summed E-state index contributed by atoms with van der Waals surface area (Å²) in [5.74, 6) is -0.243. The fraction of sp³-hybridized carbons (Fsp3) is 0.750. The Morgan fingerprint density at radius 3 is 2.29 bits per heavy atom. The Bertz CT molecular complexity index is 74.1. The van der Waals surface area contributed by atoms with E-state index in [4.69, 9.17) is 5.73 Å². The molecule has 42 valence electrons. The molecule has 0 aromatic rings. The lowest BCUT2D eigenvalue weighted by atomic mass is 10.5. The van der Waals surface area contributed by atoms with Crippen LogP contribution in [0.15, 0.2) is 0 Å². The highest BCUT2D eigenvalue weighted by Gasteiger charge is 2.02. The number of amides is 1. The summed E-state index contributed by atoms with van der Waals surface area (Å²) < 4.78 is 0. The Morgan fingerprint density at radius 1 is 1.86 bits per heavy atom. The quantitative estimate of drug-likeness (QED) is 0.565. The first-order valence-corrected chi connectivity index (χ1v) is 3.29. The van der Waals surface area contributed by atoms with E-state index in [1.54, 1.807) is 6.92 Å². The molecule has 0 saturated carbocycles. The van der Waals surface area contributed by atoms with Crippen molar-refractivity contribution in [3.05, 3.63) is 0 Å². The van der Waals surface area contributed by atoms with E-state index in [1.165, 1.54) is 11.8 Å².